The number of aliphatic hydroxyl groups is 18. The van der Waals surface area contributed by atoms with Crippen LogP contribution in [0.2, 0.25) is 0 Å². The lowest BCUT2D eigenvalue weighted by molar-refractivity contribution is -0.393. The summed E-state index contributed by atoms with van der Waals surface area (Å²) in [5.74, 6) is -1.48. The Morgan fingerprint density at radius 1 is 0.329 bits per heavy atom. The summed E-state index contributed by atoms with van der Waals surface area (Å²) in [6.45, 7) is -3.60. The molecular weight excluding hydrogens is 1000 g/mol. The van der Waals surface area contributed by atoms with Gasteiger partial charge in [-0.2, -0.15) is 0 Å². The second-order valence-electron chi connectivity index (χ2n) is 18.2. The maximum absolute atomic E-state index is 12.4. The zero-order valence-electron chi connectivity index (χ0n) is 38.9. The molecule has 0 aliphatic carbocycles. The van der Waals surface area contributed by atoms with Crippen molar-refractivity contribution in [2.45, 2.75) is 198 Å². The minimum atomic E-state index is -2.19. The molecule has 6 aliphatic heterocycles. The van der Waals surface area contributed by atoms with Gasteiger partial charge in [-0.1, -0.05) is 0 Å². The first-order valence-corrected chi connectivity index (χ1v) is 23.1. The van der Waals surface area contributed by atoms with E-state index in [2.05, 4.69) is 10.6 Å². The highest BCUT2D eigenvalue weighted by Gasteiger charge is 2.58. The van der Waals surface area contributed by atoms with Gasteiger partial charge in [0.2, 0.25) is 11.8 Å². The lowest BCUT2D eigenvalue weighted by Gasteiger charge is -2.50. The van der Waals surface area contributed by atoms with Crippen LogP contribution in [0.25, 0.3) is 0 Å². The van der Waals surface area contributed by atoms with E-state index in [1.807, 2.05) is 0 Å². The van der Waals surface area contributed by atoms with E-state index < -0.39 is 236 Å². The van der Waals surface area contributed by atoms with Crippen LogP contribution in [-0.2, 0) is 61.7 Å². The summed E-state index contributed by atoms with van der Waals surface area (Å²) < 4.78 is 61.9. The van der Waals surface area contributed by atoms with Gasteiger partial charge in [0.15, 0.2) is 37.7 Å². The first kappa shape index (κ1) is 60.0. The van der Waals surface area contributed by atoms with E-state index in [0.717, 1.165) is 13.8 Å². The topological polar surface area (TPSA) is 524 Å². The van der Waals surface area contributed by atoms with Crippen molar-refractivity contribution in [2.24, 2.45) is 0 Å². The normalized spacial score (nSPS) is 49.8. The summed E-state index contributed by atoms with van der Waals surface area (Å²) in [4.78, 5) is 24.2. The first-order valence-electron chi connectivity index (χ1n) is 23.1. The van der Waals surface area contributed by atoms with Crippen molar-refractivity contribution in [3.8, 4) is 0 Å². The second kappa shape index (κ2) is 26.0. The van der Waals surface area contributed by atoms with E-state index in [9.17, 15) is 102 Å². The van der Waals surface area contributed by atoms with E-state index in [0.29, 0.717) is 0 Å². The molecule has 0 radical (unpaired) electrons. The van der Waals surface area contributed by atoms with E-state index in [-0.39, 0.29) is 0 Å². The summed E-state index contributed by atoms with van der Waals surface area (Å²) >= 11 is 0. The van der Waals surface area contributed by atoms with Gasteiger partial charge in [-0.3, -0.25) is 9.59 Å². The predicted molar refractivity (Wildman–Crippen MR) is 222 cm³/mol. The number of rotatable bonds is 18. The molecule has 73 heavy (non-hydrogen) atoms. The molecule has 0 unspecified atom stereocenters. The third-order valence-corrected chi connectivity index (χ3v) is 13.2. The SMILES string of the molecule is CC(=O)N[C@@H]1[C@@H](O)[C@H](O[C@@H]2O[C@H](CO)[C@@H](O[C@H]3O[C@H](CO)[C@@H](O[C@H]4O[C@H](CO)[C@@H](O[C@H]5O[C@H](CO)[C@@H](O[C@H]6O[C@H](CO)[C@@H](O)[C@H](O)[C@@H]6O)[C@H](O)[C@@H]5O)[C@H](O)[C@@H]4O)[C@H](O)[C@@H]3O)[C@H](O)[C@H]2NC(C)=O)[C@@H](CO)O[C@H]1O. The third kappa shape index (κ3) is 12.9. The molecular formula is C40H68N2O31. The maximum atomic E-state index is 12.4. The number of aliphatic hydroxyl groups excluding tert-OH is 18. The molecule has 30 atom stereocenters. The van der Waals surface area contributed by atoms with Gasteiger partial charge in [0.1, 0.15) is 146 Å². The van der Waals surface area contributed by atoms with Gasteiger partial charge in [-0.05, 0) is 0 Å². The summed E-state index contributed by atoms with van der Waals surface area (Å²) in [6, 6.07) is -3.16. The smallest absolute Gasteiger partial charge is 0.217 e. The lowest BCUT2D eigenvalue weighted by Crippen LogP contribution is -2.70. The molecule has 33 nitrogen and oxygen atoms in total. The number of amides is 2. The molecule has 0 spiro atoms. The van der Waals surface area contributed by atoms with Crippen LogP contribution < -0.4 is 10.6 Å². The standard InChI is InChI=1S/C40H68N2O31/c1-9(49)41-17-20(52)30(12(4-44)63-35(17)62)69-36-18(42-10(2)50)21(53)31(13(5-45)65-36)70-38-27(59)23(55)33(15(7-47)66-38)72-40-29(61)25(57)34(16(8-48)68-40)73-39-28(60)24(56)32(14(6-46)67-39)71-37-26(58)22(54)19(51)11(3-43)64-37/h11-40,43-48,51-62H,3-8H2,1-2H3,(H,41,49)(H,42,50)/t11-,12-,13-,14-,15-,16-,17-,18-,19-,20-,21-,22+,23-,24-,25-,26+,27+,28+,29+,30-,31-,32-,33-,34-,35-,36+,37-,38-,39-,40-/m1/s1. The summed E-state index contributed by atoms with van der Waals surface area (Å²) in [7, 11) is 0. The summed E-state index contributed by atoms with van der Waals surface area (Å²) in [5.41, 5.74) is 0. The van der Waals surface area contributed by atoms with Crippen molar-refractivity contribution in [1.82, 2.24) is 10.6 Å². The van der Waals surface area contributed by atoms with Crippen molar-refractivity contribution in [1.29, 1.82) is 0 Å². The number of carbonyl (C=O) groups excluding carboxylic acids is 2. The Morgan fingerprint density at radius 3 is 0.932 bits per heavy atom. The number of hydrogen-bond donors (Lipinski definition) is 20. The molecule has 0 saturated carbocycles. The van der Waals surface area contributed by atoms with Crippen LogP contribution in [0.1, 0.15) is 13.8 Å². The Labute approximate surface area is 413 Å². The van der Waals surface area contributed by atoms with Crippen molar-refractivity contribution >= 4 is 11.8 Å². The van der Waals surface area contributed by atoms with Gasteiger partial charge < -0.3 is 155 Å². The highest BCUT2D eigenvalue weighted by molar-refractivity contribution is 5.73. The molecule has 0 aromatic carbocycles. The average molecular weight is 1070 g/mol. The molecule has 6 rings (SSSR count). The van der Waals surface area contributed by atoms with Crippen LogP contribution >= 0.6 is 0 Å². The summed E-state index contributed by atoms with van der Waals surface area (Å²) in [6.07, 6.45) is -52.3. The monoisotopic (exact) mass is 1070 g/mol. The maximum Gasteiger partial charge on any atom is 0.217 e. The van der Waals surface area contributed by atoms with Crippen molar-refractivity contribution in [3.63, 3.8) is 0 Å². The summed E-state index contributed by atoms with van der Waals surface area (Å²) in [5, 5.41) is 196. The third-order valence-electron chi connectivity index (χ3n) is 13.2. The van der Waals surface area contributed by atoms with E-state index in [1.165, 1.54) is 0 Å². The molecule has 0 aromatic rings. The second-order valence-corrected chi connectivity index (χ2v) is 18.2. The number of hydrogen-bond acceptors (Lipinski definition) is 31. The van der Waals surface area contributed by atoms with Crippen LogP contribution in [0.5, 0.6) is 0 Å². The minimum Gasteiger partial charge on any atom is -0.394 e. The van der Waals surface area contributed by atoms with Crippen molar-refractivity contribution in [3.05, 3.63) is 0 Å². The number of ether oxygens (including phenoxy) is 11. The Kier molecular flexibility index (Phi) is 21.3. The predicted octanol–water partition coefficient (Wildman–Crippen LogP) is -13.8. The van der Waals surface area contributed by atoms with Gasteiger partial charge in [0.25, 0.3) is 0 Å². The van der Waals surface area contributed by atoms with Gasteiger partial charge in [-0.15, -0.1) is 0 Å². The molecule has 424 valence electrons. The Bertz CT molecular complexity index is 1740. The number of nitrogens with one attached hydrogen (secondary N) is 2. The van der Waals surface area contributed by atoms with Crippen LogP contribution in [0.15, 0.2) is 0 Å². The highest BCUT2D eigenvalue weighted by atomic mass is 16.8. The molecule has 6 aliphatic rings. The molecule has 20 N–H and O–H groups in total. The van der Waals surface area contributed by atoms with Crippen LogP contribution in [0, 0.1) is 0 Å². The average Bonchev–Trinajstić information content (AvgIpc) is 3.36. The molecule has 6 heterocycles. The Hall–Kier alpha value is -2.22. The van der Waals surface area contributed by atoms with Crippen molar-refractivity contribution in [2.75, 3.05) is 39.6 Å². The largest absolute Gasteiger partial charge is 0.394 e. The number of carbonyl (C=O) groups is 2. The molecule has 6 saturated heterocycles. The zero-order valence-corrected chi connectivity index (χ0v) is 38.9. The Morgan fingerprint density at radius 2 is 0.589 bits per heavy atom. The van der Waals surface area contributed by atoms with Gasteiger partial charge in [-0.25, -0.2) is 0 Å². The fraction of sp³-hybridized carbons (Fsp3) is 0.950. The van der Waals surface area contributed by atoms with Crippen LogP contribution in [0.4, 0.5) is 0 Å². The molecule has 0 bridgehead atoms. The Balaban J connectivity index is 1.10. The van der Waals surface area contributed by atoms with Crippen LogP contribution in [0.3, 0.4) is 0 Å². The minimum absolute atomic E-state index is 0.694. The molecule has 33 heteroatoms. The van der Waals surface area contributed by atoms with E-state index in [4.69, 9.17) is 52.1 Å². The molecule has 0 aromatic heterocycles. The lowest BCUT2D eigenvalue weighted by atomic mass is 9.94. The highest BCUT2D eigenvalue weighted by Crippen LogP contribution is 2.37. The van der Waals surface area contributed by atoms with Crippen molar-refractivity contribution < 1.29 is 154 Å². The fourth-order valence-corrected chi connectivity index (χ4v) is 9.33. The first-order chi connectivity index (χ1) is 34.5. The quantitative estimate of drug-likeness (QED) is 0.0606. The molecule has 2 amide bonds. The van der Waals surface area contributed by atoms with Gasteiger partial charge >= 0.3 is 0 Å². The molecule has 6 fully saturated rings. The van der Waals surface area contributed by atoms with E-state index >= 15 is 0 Å². The van der Waals surface area contributed by atoms with Gasteiger partial charge in [0, 0.05) is 13.8 Å². The van der Waals surface area contributed by atoms with Gasteiger partial charge in [0.05, 0.1) is 39.6 Å². The zero-order chi connectivity index (χ0) is 53.9. The fourth-order valence-electron chi connectivity index (χ4n) is 9.33. The van der Waals surface area contributed by atoms with E-state index in [1.54, 1.807) is 0 Å². The van der Waals surface area contributed by atoms with Crippen LogP contribution in [-0.4, -0.2) is 327 Å².